The van der Waals surface area contributed by atoms with Crippen molar-refractivity contribution >= 4 is 38.4 Å². The van der Waals surface area contributed by atoms with Gasteiger partial charge < -0.3 is 0 Å². The number of hydrogen-bond acceptors (Lipinski definition) is 2. The van der Waals surface area contributed by atoms with Gasteiger partial charge in [-0.3, -0.25) is 9.38 Å². The van der Waals surface area contributed by atoms with E-state index in [9.17, 15) is 0 Å². The smallest absolute Gasteiger partial charge is 0.146 e. The molecule has 162 valence electrons. The lowest BCUT2D eigenvalue weighted by Gasteiger charge is -2.13. The minimum Gasteiger partial charge on any atom is -0.290 e. The summed E-state index contributed by atoms with van der Waals surface area (Å²) in [6.07, 6.45) is 5.93. The maximum Gasteiger partial charge on any atom is 0.146 e. The van der Waals surface area contributed by atoms with Gasteiger partial charge in [-0.2, -0.15) is 0 Å². The summed E-state index contributed by atoms with van der Waals surface area (Å²) >= 11 is 0. The molecule has 7 aromatic rings. The van der Waals surface area contributed by atoms with Crippen molar-refractivity contribution in [3.63, 3.8) is 0 Å². The van der Waals surface area contributed by atoms with Crippen LogP contribution in [0.15, 0.2) is 91.3 Å². The Morgan fingerprint density at radius 3 is 2.49 bits per heavy atom. The van der Waals surface area contributed by atoms with Gasteiger partial charge in [0.2, 0.25) is 0 Å². The number of aromatic nitrogens is 3. The van der Waals surface area contributed by atoms with E-state index in [-0.39, 0.29) is 0 Å². The molecule has 3 heterocycles. The van der Waals surface area contributed by atoms with E-state index in [0.29, 0.717) is 0 Å². The molecule has 0 spiro atoms. The van der Waals surface area contributed by atoms with Crippen LogP contribution in [-0.2, 0) is 12.8 Å². The van der Waals surface area contributed by atoms with E-state index in [0.717, 1.165) is 35.0 Å². The fraction of sp³-hybridized carbons (Fsp3) is 0.0625. The molecular formula is C32H19N3. The SMILES string of the molecule is c1ccc2c(c1)Cc1cc3c(cc1-2)-c1c(ccc2c1c1ccncc1n1c4ccccc4nc21)C3. The maximum atomic E-state index is 5.10. The highest BCUT2D eigenvalue weighted by Gasteiger charge is 2.28. The summed E-state index contributed by atoms with van der Waals surface area (Å²) in [5, 5.41) is 3.73. The fourth-order valence-electron chi connectivity index (χ4n) is 6.61. The molecule has 0 bridgehead atoms. The van der Waals surface area contributed by atoms with Crippen LogP contribution < -0.4 is 0 Å². The second-order valence-electron chi connectivity index (χ2n) is 9.85. The Bertz CT molecular complexity index is 2060. The number of para-hydroxylation sites is 2. The zero-order chi connectivity index (χ0) is 22.7. The van der Waals surface area contributed by atoms with Crippen molar-refractivity contribution in [2.24, 2.45) is 0 Å². The highest BCUT2D eigenvalue weighted by Crippen LogP contribution is 2.49. The number of pyridine rings is 2. The molecule has 0 aliphatic heterocycles. The Hall–Kier alpha value is -4.50. The van der Waals surface area contributed by atoms with Gasteiger partial charge in [0.05, 0.1) is 22.7 Å². The standard InChI is InChI=1S/C32H19N3/c1-2-6-22-18(5-1)13-20-15-21-14-19-9-10-24-31(30(19)26(21)16-25(20)22)23-11-12-33-17-29(23)35-28-8-4-3-7-27(28)34-32(24)35/h1-12,15-17H,13-14H2. The zero-order valence-electron chi connectivity index (χ0n) is 18.9. The van der Waals surface area contributed by atoms with Gasteiger partial charge in [-0.25, -0.2) is 4.98 Å². The first-order valence-corrected chi connectivity index (χ1v) is 12.2. The summed E-state index contributed by atoms with van der Waals surface area (Å²) in [7, 11) is 0. The minimum absolute atomic E-state index is 0.985. The average Bonchev–Trinajstić information content (AvgIpc) is 3.58. The Morgan fingerprint density at radius 2 is 1.49 bits per heavy atom. The lowest BCUT2D eigenvalue weighted by Crippen LogP contribution is -1.94. The molecule has 3 heteroatoms. The van der Waals surface area contributed by atoms with Crippen molar-refractivity contribution < 1.29 is 0 Å². The van der Waals surface area contributed by atoms with E-state index < -0.39 is 0 Å². The first kappa shape index (κ1) is 17.9. The van der Waals surface area contributed by atoms with Crippen LogP contribution in [0.2, 0.25) is 0 Å². The third-order valence-corrected chi connectivity index (χ3v) is 8.07. The van der Waals surface area contributed by atoms with E-state index in [1.54, 1.807) is 0 Å². The van der Waals surface area contributed by atoms with E-state index in [2.05, 4.69) is 88.2 Å². The van der Waals surface area contributed by atoms with Gasteiger partial charge >= 0.3 is 0 Å². The highest BCUT2D eigenvalue weighted by atomic mass is 15.0. The van der Waals surface area contributed by atoms with Crippen molar-refractivity contribution in [2.75, 3.05) is 0 Å². The monoisotopic (exact) mass is 445 g/mol. The van der Waals surface area contributed by atoms with Gasteiger partial charge in [0, 0.05) is 22.4 Å². The highest BCUT2D eigenvalue weighted by molar-refractivity contribution is 6.20. The maximum absolute atomic E-state index is 5.10. The lowest BCUT2D eigenvalue weighted by atomic mass is 9.93. The van der Waals surface area contributed by atoms with E-state index in [4.69, 9.17) is 4.98 Å². The molecule has 0 fully saturated rings. The Balaban J connectivity index is 1.46. The molecule has 0 N–H and O–H groups in total. The normalized spacial score (nSPS) is 13.5. The molecule has 0 atom stereocenters. The molecule has 2 aliphatic carbocycles. The van der Waals surface area contributed by atoms with Crippen molar-refractivity contribution in [1.29, 1.82) is 0 Å². The van der Waals surface area contributed by atoms with Crippen LogP contribution >= 0.6 is 0 Å². The van der Waals surface area contributed by atoms with E-state index in [1.807, 2.05) is 12.4 Å². The molecule has 0 unspecified atom stereocenters. The molecule has 0 saturated carbocycles. The molecule has 35 heavy (non-hydrogen) atoms. The number of fused-ring (bicyclic) bond motifs is 15. The van der Waals surface area contributed by atoms with Crippen molar-refractivity contribution in [2.45, 2.75) is 12.8 Å². The van der Waals surface area contributed by atoms with Crippen LogP contribution in [0.1, 0.15) is 22.3 Å². The summed E-state index contributed by atoms with van der Waals surface area (Å²) in [6, 6.07) is 28.9. The van der Waals surface area contributed by atoms with Crippen LogP contribution in [0.25, 0.3) is 60.6 Å². The van der Waals surface area contributed by atoms with Gasteiger partial charge in [-0.15, -0.1) is 0 Å². The third kappa shape index (κ3) is 2.17. The van der Waals surface area contributed by atoms with Crippen LogP contribution in [0.3, 0.4) is 0 Å². The summed E-state index contributed by atoms with van der Waals surface area (Å²) < 4.78 is 2.28. The second-order valence-corrected chi connectivity index (χ2v) is 9.85. The average molecular weight is 446 g/mol. The van der Waals surface area contributed by atoms with E-state index >= 15 is 0 Å². The quantitative estimate of drug-likeness (QED) is 0.229. The Labute approximate surface area is 201 Å². The number of nitrogens with zero attached hydrogens (tertiary/aromatic N) is 3. The van der Waals surface area contributed by atoms with Crippen molar-refractivity contribution in [3.05, 3.63) is 114 Å². The van der Waals surface area contributed by atoms with Gasteiger partial charge in [-0.1, -0.05) is 54.6 Å². The minimum atomic E-state index is 0.985. The summed E-state index contributed by atoms with van der Waals surface area (Å²) in [5.74, 6) is 0. The fourth-order valence-corrected chi connectivity index (χ4v) is 6.61. The van der Waals surface area contributed by atoms with Crippen LogP contribution in [0.5, 0.6) is 0 Å². The molecule has 3 nitrogen and oxygen atoms in total. The summed E-state index contributed by atoms with van der Waals surface area (Å²) in [4.78, 5) is 9.62. The number of imidazole rings is 1. The largest absolute Gasteiger partial charge is 0.290 e. The second kappa shape index (κ2) is 6.13. The van der Waals surface area contributed by atoms with Gasteiger partial charge in [0.15, 0.2) is 0 Å². The molecule has 9 rings (SSSR count). The van der Waals surface area contributed by atoms with Crippen LogP contribution in [-0.4, -0.2) is 14.4 Å². The molecule has 0 radical (unpaired) electrons. The van der Waals surface area contributed by atoms with Crippen molar-refractivity contribution in [3.8, 4) is 22.3 Å². The molecule has 2 aliphatic rings. The summed E-state index contributed by atoms with van der Waals surface area (Å²) in [6.45, 7) is 0. The number of benzene rings is 4. The summed E-state index contributed by atoms with van der Waals surface area (Å²) in [5.41, 5.74) is 15.5. The van der Waals surface area contributed by atoms with E-state index in [1.165, 1.54) is 60.7 Å². The number of hydrogen-bond donors (Lipinski definition) is 0. The third-order valence-electron chi connectivity index (χ3n) is 8.07. The van der Waals surface area contributed by atoms with Crippen LogP contribution in [0, 0.1) is 0 Å². The number of rotatable bonds is 0. The van der Waals surface area contributed by atoms with Gasteiger partial charge in [0.25, 0.3) is 0 Å². The molecule has 0 amide bonds. The predicted octanol–water partition coefficient (Wildman–Crippen LogP) is 7.33. The predicted molar refractivity (Wildman–Crippen MR) is 142 cm³/mol. The van der Waals surface area contributed by atoms with Crippen LogP contribution in [0.4, 0.5) is 0 Å². The Morgan fingerprint density at radius 1 is 0.629 bits per heavy atom. The molecule has 4 aromatic carbocycles. The first-order valence-electron chi connectivity index (χ1n) is 12.2. The molecule has 0 saturated heterocycles. The van der Waals surface area contributed by atoms with Gasteiger partial charge in [0.1, 0.15) is 5.65 Å². The Kier molecular flexibility index (Phi) is 3.14. The first-order chi connectivity index (χ1) is 17.3. The molecular weight excluding hydrogens is 426 g/mol. The topological polar surface area (TPSA) is 30.2 Å². The van der Waals surface area contributed by atoms with Gasteiger partial charge in [-0.05, 0) is 81.6 Å². The lowest BCUT2D eigenvalue weighted by molar-refractivity contribution is 1.21. The molecule has 3 aromatic heterocycles. The van der Waals surface area contributed by atoms with Crippen molar-refractivity contribution in [1.82, 2.24) is 14.4 Å². The zero-order valence-corrected chi connectivity index (χ0v) is 18.9.